The molecule has 154 valence electrons. The first kappa shape index (κ1) is 21.4. The van der Waals surface area contributed by atoms with Crippen molar-refractivity contribution in [1.82, 2.24) is 0 Å². The van der Waals surface area contributed by atoms with Crippen molar-refractivity contribution in [2.45, 2.75) is 30.9 Å². The first-order valence-electron chi connectivity index (χ1n) is 9.19. The predicted octanol–water partition coefficient (Wildman–Crippen LogP) is 5.03. The van der Waals surface area contributed by atoms with Crippen molar-refractivity contribution in [3.8, 4) is 0 Å². The van der Waals surface area contributed by atoms with Crippen LogP contribution in [0.1, 0.15) is 45.9 Å². The maximum absolute atomic E-state index is 12.7. The summed E-state index contributed by atoms with van der Waals surface area (Å²) >= 11 is 2.71. The normalized spacial score (nSPS) is 14.8. The second-order valence-electron chi connectivity index (χ2n) is 7.48. The number of ketones is 1. The van der Waals surface area contributed by atoms with Crippen molar-refractivity contribution in [3.05, 3.63) is 46.3 Å². The number of Topliss-reactive ketones (excluding diaryl/α,β-unsaturated/α-hetero) is 1. The fraction of sp³-hybridized carbons (Fsp3) is 0.381. The van der Waals surface area contributed by atoms with Crippen molar-refractivity contribution in [2.24, 2.45) is 5.41 Å². The van der Waals surface area contributed by atoms with Gasteiger partial charge >= 0.3 is 12.1 Å². The van der Waals surface area contributed by atoms with Crippen molar-refractivity contribution in [1.29, 1.82) is 0 Å². The van der Waals surface area contributed by atoms with Crippen LogP contribution in [0.4, 0.5) is 10.5 Å². The molecule has 1 N–H and O–H groups in total. The van der Waals surface area contributed by atoms with Crippen LogP contribution in [0.2, 0.25) is 0 Å². The third-order valence-corrected chi connectivity index (χ3v) is 6.94. The Morgan fingerprint density at radius 1 is 1.21 bits per heavy atom. The second kappa shape index (κ2) is 9.00. The third kappa shape index (κ3) is 5.19. The van der Waals surface area contributed by atoms with Gasteiger partial charge in [0.25, 0.3) is 0 Å². The molecule has 1 aromatic heterocycles. The number of thiophene rings is 1. The van der Waals surface area contributed by atoms with E-state index in [2.05, 4.69) is 5.32 Å². The lowest BCUT2D eigenvalue weighted by Crippen LogP contribution is -2.27. The van der Waals surface area contributed by atoms with Crippen molar-refractivity contribution in [2.75, 3.05) is 24.8 Å². The van der Waals surface area contributed by atoms with Gasteiger partial charge < -0.3 is 9.47 Å². The maximum Gasteiger partial charge on any atom is 0.411 e. The monoisotopic (exact) mass is 433 g/mol. The highest BCUT2D eigenvalue weighted by atomic mass is 32.2. The molecule has 0 atom stereocenters. The number of nitrogens with one attached hydrogen (secondary N) is 1. The Labute approximate surface area is 178 Å². The Kier molecular flexibility index (Phi) is 6.64. The number of rotatable bonds is 6. The van der Waals surface area contributed by atoms with Crippen LogP contribution in [0, 0.1) is 5.41 Å². The number of para-hydroxylation sites is 1. The fourth-order valence-electron chi connectivity index (χ4n) is 3.26. The molecule has 0 unspecified atom stereocenters. The molecule has 29 heavy (non-hydrogen) atoms. The molecule has 6 nitrogen and oxygen atoms in total. The Morgan fingerprint density at radius 3 is 2.62 bits per heavy atom. The molecule has 0 spiro atoms. The lowest BCUT2D eigenvalue weighted by molar-refractivity contribution is 0.0604. The summed E-state index contributed by atoms with van der Waals surface area (Å²) in [6.45, 7) is 4.24. The van der Waals surface area contributed by atoms with E-state index in [0.717, 1.165) is 9.77 Å². The van der Waals surface area contributed by atoms with Crippen molar-refractivity contribution in [3.63, 3.8) is 0 Å². The zero-order valence-corrected chi connectivity index (χ0v) is 18.2. The number of anilines is 1. The van der Waals surface area contributed by atoms with Crippen LogP contribution in [-0.2, 0) is 15.9 Å². The highest BCUT2D eigenvalue weighted by molar-refractivity contribution is 8.01. The summed E-state index contributed by atoms with van der Waals surface area (Å²) < 4.78 is 10.9. The summed E-state index contributed by atoms with van der Waals surface area (Å²) in [6.07, 6.45) is 0.574. The molecule has 0 radical (unpaired) electrons. The minimum Gasteiger partial charge on any atom is -0.465 e. The van der Waals surface area contributed by atoms with Crippen LogP contribution in [0.15, 0.2) is 34.5 Å². The number of fused-ring (bicyclic) bond motifs is 1. The topological polar surface area (TPSA) is 81.7 Å². The molecule has 0 saturated carbocycles. The van der Waals surface area contributed by atoms with Crippen LogP contribution in [0.5, 0.6) is 0 Å². The number of carbonyl (C=O) groups is 3. The molecular formula is C21H23NO5S2. The molecule has 1 aromatic carbocycles. The molecule has 1 amide bonds. The van der Waals surface area contributed by atoms with E-state index in [9.17, 15) is 14.4 Å². The number of esters is 1. The van der Waals surface area contributed by atoms with Gasteiger partial charge in [-0.3, -0.25) is 10.1 Å². The van der Waals surface area contributed by atoms with E-state index in [1.54, 1.807) is 12.1 Å². The summed E-state index contributed by atoms with van der Waals surface area (Å²) in [4.78, 5) is 37.3. The van der Waals surface area contributed by atoms with E-state index < -0.39 is 12.1 Å². The van der Waals surface area contributed by atoms with Crippen LogP contribution >= 0.6 is 23.1 Å². The number of ether oxygens (including phenoxy) is 2. The first-order chi connectivity index (χ1) is 13.8. The Bertz CT molecular complexity index is 921. The molecular weight excluding hydrogens is 410 g/mol. The van der Waals surface area contributed by atoms with Gasteiger partial charge in [0.1, 0.15) is 11.5 Å². The highest BCUT2D eigenvalue weighted by Gasteiger charge is 2.37. The van der Waals surface area contributed by atoms with Crippen molar-refractivity contribution >= 4 is 46.6 Å². The summed E-state index contributed by atoms with van der Waals surface area (Å²) in [5.41, 5.74) is 1.89. The molecule has 3 rings (SSSR count). The fourth-order valence-corrected chi connectivity index (χ4v) is 5.72. The average molecular weight is 434 g/mol. The molecule has 1 heterocycles. The Morgan fingerprint density at radius 2 is 1.93 bits per heavy atom. The highest BCUT2D eigenvalue weighted by Crippen LogP contribution is 2.45. The summed E-state index contributed by atoms with van der Waals surface area (Å²) in [7, 11) is 1.34. The standard InChI is InChI=1S/C21H23NO5S2/c1-21(2)11-14-16(15(23)12-21)19(29-17(14)18(24)26-3)28-10-9-27-20(25)22-13-7-5-4-6-8-13/h4-8H,9-12H2,1-3H3,(H,22,25). The summed E-state index contributed by atoms with van der Waals surface area (Å²) in [5.74, 6) is 0.113. The van der Waals surface area contributed by atoms with Gasteiger partial charge in [0, 0.05) is 23.4 Å². The van der Waals surface area contributed by atoms with E-state index in [4.69, 9.17) is 9.47 Å². The van der Waals surface area contributed by atoms with Crippen LogP contribution in [-0.4, -0.2) is 37.3 Å². The molecule has 0 aliphatic heterocycles. The minimum atomic E-state index is -0.530. The molecule has 2 aromatic rings. The minimum absolute atomic E-state index is 0.0490. The van der Waals surface area contributed by atoms with E-state index in [0.29, 0.717) is 34.7 Å². The van der Waals surface area contributed by atoms with Gasteiger partial charge in [0.2, 0.25) is 0 Å². The SMILES string of the molecule is COC(=O)c1sc(SCCOC(=O)Nc2ccccc2)c2c1CC(C)(C)CC2=O. The van der Waals surface area contributed by atoms with Crippen molar-refractivity contribution < 1.29 is 23.9 Å². The van der Waals surface area contributed by atoms with Gasteiger partial charge in [-0.25, -0.2) is 9.59 Å². The van der Waals surface area contributed by atoms with E-state index >= 15 is 0 Å². The second-order valence-corrected chi connectivity index (χ2v) is 9.86. The zero-order chi connectivity index (χ0) is 21.0. The molecule has 0 bridgehead atoms. The van der Waals surface area contributed by atoms with Gasteiger partial charge in [-0.15, -0.1) is 23.1 Å². The smallest absolute Gasteiger partial charge is 0.411 e. The van der Waals surface area contributed by atoms with Gasteiger partial charge in [0.05, 0.1) is 11.3 Å². The third-order valence-electron chi connectivity index (χ3n) is 4.49. The molecule has 1 aliphatic rings. The maximum atomic E-state index is 12.7. The van der Waals surface area contributed by atoms with E-state index in [-0.39, 0.29) is 17.8 Å². The number of methoxy groups -OCH3 is 1. The number of hydrogen-bond acceptors (Lipinski definition) is 7. The van der Waals surface area contributed by atoms with Crippen LogP contribution in [0.3, 0.4) is 0 Å². The molecule has 0 fully saturated rings. The largest absolute Gasteiger partial charge is 0.465 e. The molecule has 8 heteroatoms. The van der Waals surface area contributed by atoms with Gasteiger partial charge in [-0.1, -0.05) is 32.0 Å². The number of thioether (sulfide) groups is 1. The lowest BCUT2D eigenvalue weighted by atomic mass is 9.74. The zero-order valence-electron chi connectivity index (χ0n) is 16.6. The lowest BCUT2D eigenvalue weighted by Gasteiger charge is -2.29. The number of hydrogen-bond donors (Lipinski definition) is 1. The van der Waals surface area contributed by atoms with Gasteiger partial charge in [0.15, 0.2) is 5.78 Å². The van der Waals surface area contributed by atoms with Gasteiger partial charge in [-0.05, 0) is 29.5 Å². The summed E-state index contributed by atoms with van der Waals surface area (Å²) in [6, 6.07) is 9.05. The number of amides is 1. The van der Waals surface area contributed by atoms with Crippen LogP contribution in [0.25, 0.3) is 0 Å². The average Bonchev–Trinajstić information content (AvgIpc) is 3.02. The van der Waals surface area contributed by atoms with E-state index in [1.165, 1.54) is 30.2 Å². The van der Waals surface area contributed by atoms with E-state index in [1.807, 2.05) is 32.0 Å². The quantitative estimate of drug-likeness (QED) is 0.391. The molecule has 0 saturated heterocycles. The predicted molar refractivity (Wildman–Crippen MR) is 114 cm³/mol. The Balaban J connectivity index is 1.64. The molecule has 1 aliphatic carbocycles. The first-order valence-corrected chi connectivity index (χ1v) is 11.0. The summed E-state index contributed by atoms with van der Waals surface area (Å²) in [5, 5.41) is 2.65. The van der Waals surface area contributed by atoms with Gasteiger partial charge in [-0.2, -0.15) is 0 Å². The van der Waals surface area contributed by atoms with Crippen LogP contribution < -0.4 is 5.32 Å². The number of carbonyl (C=O) groups excluding carboxylic acids is 3. The number of benzene rings is 1. The Hall–Kier alpha value is -2.32.